The fraction of sp³-hybridized carbons (Fsp3) is 0.125. The third-order valence-electron chi connectivity index (χ3n) is 5.59. The molecule has 3 heterocycles. The van der Waals surface area contributed by atoms with E-state index in [1.165, 1.54) is 29.1 Å². The molecule has 9 nitrogen and oxygen atoms in total. The van der Waals surface area contributed by atoms with Gasteiger partial charge in [-0.1, -0.05) is 18.2 Å². The summed E-state index contributed by atoms with van der Waals surface area (Å²) in [4.78, 5) is 32.8. The number of aryl methyl sites for hydroxylation is 2. The van der Waals surface area contributed by atoms with Gasteiger partial charge in [-0.05, 0) is 56.2 Å². The number of carbonyl (C=O) groups is 1. The van der Waals surface area contributed by atoms with Crippen molar-refractivity contribution in [3.05, 3.63) is 93.3 Å². The third kappa shape index (κ3) is 3.64. The average molecular weight is 457 g/mol. The summed E-state index contributed by atoms with van der Waals surface area (Å²) < 4.78 is 16.5. The minimum absolute atomic E-state index is 0.104. The molecule has 34 heavy (non-hydrogen) atoms. The van der Waals surface area contributed by atoms with E-state index in [1.807, 2.05) is 32.0 Å². The zero-order valence-corrected chi connectivity index (χ0v) is 18.6. The molecule has 0 aliphatic rings. The Kier molecular flexibility index (Phi) is 5.05. The zero-order chi connectivity index (χ0) is 24.0. The van der Waals surface area contributed by atoms with Gasteiger partial charge in [-0.25, -0.2) is 9.07 Å². The summed E-state index contributed by atoms with van der Waals surface area (Å²) in [6, 6.07) is 12.8. The summed E-state index contributed by atoms with van der Waals surface area (Å²) in [5.74, 6) is -0.669. The van der Waals surface area contributed by atoms with E-state index in [0.717, 1.165) is 22.9 Å². The number of nitrogens with one attached hydrogen (secondary N) is 2. The molecule has 0 fully saturated rings. The number of fused-ring (bicyclic) bond motifs is 1. The smallest absolute Gasteiger partial charge is 0.263 e. The first-order valence-corrected chi connectivity index (χ1v) is 10.5. The topological polar surface area (TPSA) is 110 Å². The van der Waals surface area contributed by atoms with Crippen LogP contribution in [0.5, 0.6) is 0 Å². The molecule has 0 radical (unpaired) electrons. The molecule has 2 aromatic carbocycles. The lowest BCUT2D eigenvalue weighted by Crippen LogP contribution is -2.19. The molecule has 10 heteroatoms. The van der Waals surface area contributed by atoms with E-state index in [4.69, 9.17) is 0 Å². The molecule has 5 rings (SSSR count). The van der Waals surface area contributed by atoms with Crippen molar-refractivity contribution >= 4 is 22.8 Å². The average Bonchev–Trinajstić information content (AvgIpc) is 3.39. The van der Waals surface area contributed by atoms with Crippen LogP contribution >= 0.6 is 0 Å². The van der Waals surface area contributed by atoms with Gasteiger partial charge in [0.2, 0.25) is 5.95 Å². The largest absolute Gasteiger partial charge is 0.306 e. The molecule has 0 aliphatic carbocycles. The fourth-order valence-corrected chi connectivity index (χ4v) is 3.72. The molecule has 0 unspecified atom stereocenters. The van der Waals surface area contributed by atoms with E-state index >= 15 is 0 Å². The van der Waals surface area contributed by atoms with Crippen LogP contribution in [0.25, 0.3) is 22.7 Å². The van der Waals surface area contributed by atoms with Crippen molar-refractivity contribution in [1.29, 1.82) is 0 Å². The van der Waals surface area contributed by atoms with Crippen molar-refractivity contribution in [1.82, 2.24) is 29.5 Å². The van der Waals surface area contributed by atoms with Gasteiger partial charge in [-0.3, -0.25) is 14.6 Å². The van der Waals surface area contributed by atoms with Crippen LogP contribution in [0.1, 0.15) is 27.2 Å². The second kappa shape index (κ2) is 8.07. The Bertz CT molecular complexity index is 1630. The SMILES string of the molecule is Cc1cc(NC(=O)c2cccc(F)c2)n(-c2nc3c(cnn3-c3cccc(C)c3C)c(=O)[nH]2)n1. The number of hydrogen-bond donors (Lipinski definition) is 2. The zero-order valence-electron chi connectivity index (χ0n) is 18.6. The van der Waals surface area contributed by atoms with Crippen LogP contribution in [0.2, 0.25) is 0 Å². The number of aromatic nitrogens is 6. The number of nitrogens with zero attached hydrogens (tertiary/aromatic N) is 5. The van der Waals surface area contributed by atoms with Crippen molar-refractivity contribution in [2.24, 2.45) is 0 Å². The molecule has 5 aromatic rings. The maximum atomic E-state index is 13.6. The first-order chi connectivity index (χ1) is 16.3. The molecule has 0 atom stereocenters. The van der Waals surface area contributed by atoms with Crippen LogP contribution in [0.15, 0.2) is 59.5 Å². The number of carbonyl (C=O) groups excluding carboxylic acids is 1. The van der Waals surface area contributed by atoms with E-state index in [2.05, 4.69) is 25.5 Å². The van der Waals surface area contributed by atoms with E-state index in [9.17, 15) is 14.0 Å². The molecular weight excluding hydrogens is 437 g/mol. The number of halogens is 1. The lowest BCUT2D eigenvalue weighted by Gasteiger charge is -2.11. The normalized spacial score (nSPS) is 11.2. The standard InChI is InChI=1S/C24H20FN7O2/c1-13-6-4-9-19(15(13)3)31-21-18(12-26-31)23(34)29-24(28-21)32-20(10-14(2)30-32)27-22(33)16-7-5-8-17(25)11-16/h4-12H,1-3H3,(H,27,33)(H,28,29,34). The first-order valence-electron chi connectivity index (χ1n) is 10.5. The highest BCUT2D eigenvalue weighted by Crippen LogP contribution is 2.22. The lowest BCUT2D eigenvalue weighted by atomic mass is 10.1. The monoisotopic (exact) mass is 457 g/mol. The molecule has 0 aliphatic heterocycles. The van der Waals surface area contributed by atoms with E-state index in [0.29, 0.717) is 16.7 Å². The van der Waals surface area contributed by atoms with Crippen LogP contribution in [-0.4, -0.2) is 35.4 Å². The third-order valence-corrected chi connectivity index (χ3v) is 5.59. The van der Waals surface area contributed by atoms with Crippen molar-refractivity contribution in [2.75, 3.05) is 5.32 Å². The van der Waals surface area contributed by atoms with E-state index in [-0.39, 0.29) is 17.3 Å². The van der Waals surface area contributed by atoms with Gasteiger partial charge in [0.25, 0.3) is 11.5 Å². The van der Waals surface area contributed by atoms with Crippen LogP contribution in [0.4, 0.5) is 10.2 Å². The number of benzene rings is 2. The lowest BCUT2D eigenvalue weighted by molar-refractivity contribution is 0.102. The molecule has 0 saturated heterocycles. The van der Waals surface area contributed by atoms with E-state index < -0.39 is 17.3 Å². The van der Waals surface area contributed by atoms with Gasteiger partial charge in [0, 0.05) is 11.6 Å². The Hall–Kier alpha value is -4.60. The highest BCUT2D eigenvalue weighted by molar-refractivity contribution is 6.03. The van der Waals surface area contributed by atoms with Gasteiger partial charge in [0.15, 0.2) is 5.65 Å². The number of aromatic amines is 1. The second-order valence-corrected chi connectivity index (χ2v) is 7.95. The van der Waals surface area contributed by atoms with Crippen LogP contribution < -0.4 is 10.9 Å². The minimum Gasteiger partial charge on any atom is -0.306 e. The predicted octanol–water partition coefficient (Wildman–Crippen LogP) is 3.61. The highest BCUT2D eigenvalue weighted by atomic mass is 19.1. The van der Waals surface area contributed by atoms with Gasteiger partial charge in [0.1, 0.15) is 17.0 Å². The Labute approximate surface area is 192 Å². The Morgan fingerprint density at radius 3 is 2.65 bits per heavy atom. The van der Waals surface area contributed by atoms with Gasteiger partial charge in [0.05, 0.1) is 17.6 Å². The fourth-order valence-electron chi connectivity index (χ4n) is 3.72. The molecule has 0 bridgehead atoms. The van der Waals surface area contributed by atoms with Crippen molar-refractivity contribution in [2.45, 2.75) is 20.8 Å². The maximum absolute atomic E-state index is 13.6. The van der Waals surface area contributed by atoms with Crippen molar-refractivity contribution in [3.63, 3.8) is 0 Å². The number of H-pyrrole nitrogens is 1. The molecule has 3 aromatic heterocycles. The first kappa shape index (κ1) is 21.3. The number of hydrogen-bond acceptors (Lipinski definition) is 5. The van der Waals surface area contributed by atoms with Crippen LogP contribution in [-0.2, 0) is 0 Å². The van der Waals surface area contributed by atoms with Gasteiger partial charge in [-0.2, -0.15) is 19.9 Å². The summed E-state index contributed by atoms with van der Waals surface area (Å²) >= 11 is 0. The van der Waals surface area contributed by atoms with Crippen molar-refractivity contribution < 1.29 is 9.18 Å². The maximum Gasteiger partial charge on any atom is 0.263 e. The summed E-state index contributed by atoms with van der Waals surface area (Å²) in [5.41, 5.74) is 3.58. The Morgan fingerprint density at radius 1 is 1.06 bits per heavy atom. The Morgan fingerprint density at radius 2 is 1.85 bits per heavy atom. The summed E-state index contributed by atoms with van der Waals surface area (Å²) in [6.45, 7) is 5.71. The molecule has 0 spiro atoms. The van der Waals surface area contributed by atoms with E-state index in [1.54, 1.807) is 17.7 Å². The number of rotatable bonds is 4. The van der Waals surface area contributed by atoms with Crippen LogP contribution in [0.3, 0.4) is 0 Å². The number of anilines is 1. The second-order valence-electron chi connectivity index (χ2n) is 7.95. The van der Waals surface area contributed by atoms with Gasteiger partial charge >= 0.3 is 0 Å². The minimum atomic E-state index is -0.524. The quantitative estimate of drug-likeness (QED) is 0.428. The summed E-state index contributed by atoms with van der Waals surface area (Å²) in [7, 11) is 0. The van der Waals surface area contributed by atoms with Gasteiger partial charge in [-0.15, -0.1) is 0 Å². The van der Waals surface area contributed by atoms with Gasteiger partial charge < -0.3 is 5.32 Å². The Balaban J connectivity index is 1.61. The molecule has 2 N–H and O–H groups in total. The molecule has 0 saturated carbocycles. The molecular formula is C24H20FN7O2. The predicted molar refractivity (Wildman–Crippen MR) is 125 cm³/mol. The molecule has 170 valence electrons. The van der Waals surface area contributed by atoms with Crippen molar-refractivity contribution in [3.8, 4) is 11.6 Å². The molecule has 1 amide bonds. The number of amides is 1. The van der Waals surface area contributed by atoms with Crippen LogP contribution in [0, 0.1) is 26.6 Å². The highest BCUT2D eigenvalue weighted by Gasteiger charge is 2.18. The summed E-state index contributed by atoms with van der Waals surface area (Å²) in [6.07, 6.45) is 1.47. The summed E-state index contributed by atoms with van der Waals surface area (Å²) in [5, 5.41) is 11.8.